The van der Waals surface area contributed by atoms with Gasteiger partial charge in [0.15, 0.2) is 0 Å². The summed E-state index contributed by atoms with van der Waals surface area (Å²) < 4.78 is 2.44. The molecule has 0 saturated carbocycles. The average Bonchev–Trinajstić information content (AvgIpc) is 3.29. The lowest BCUT2D eigenvalue weighted by atomic mass is 9.82. The molecule has 152 valence electrons. The Morgan fingerprint density at radius 3 is 2.19 bits per heavy atom. The summed E-state index contributed by atoms with van der Waals surface area (Å²) in [6.07, 6.45) is 0. The van der Waals surface area contributed by atoms with E-state index in [-0.39, 0.29) is 5.41 Å². The molecule has 1 aliphatic carbocycles. The first-order valence-electron chi connectivity index (χ1n) is 11.3. The number of aromatic nitrogens is 1. The highest BCUT2D eigenvalue weighted by Crippen LogP contribution is 2.50. The van der Waals surface area contributed by atoms with Crippen molar-refractivity contribution in [1.29, 1.82) is 0 Å². The van der Waals surface area contributed by atoms with E-state index in [0.717, 1.165) is 0 Å². The third kappa shape index (κ3) is 2.18. The van der Waals surface area contributed by atoms with Crippen molar-refractivity contribution >= 4 is 32.6 Å². The van der Waals surface area contributed by atoms with Gasteiger partial charge in [-0.2, -0.15) is 0 Å². The van der Waals surface area contributed by atoms with Gasteiger partial charge in [0.25, 0.3) is 0 Å². The van der Waals surface area contributed by atoms with E-state index < -0.39 is 0 Å². The molecule has 0 saturated heterocycles. The maximum atomic E-state index is 2.44. The van der Waals surface area contributed by atoms with Crippen LogP contribution < -0.4 is 0 Å². The predicted octanol–water partition coefficient (Wildman–Crippen LogP) is 8.24. The summed E-state index contributed by atoms with van der Waals surface area (Å²) in [6, 6.07) is 37.9. The fourth-order valence-electron chi connectivity index (χ4n) is 5.82. The summed E-state index contributed by atoms with van der Waals surface area (Å²) in [4.78, 5) is 0. The van der Waals surface area contributed by atoms with Crippen LogP contribution in [0.25, 0.3) is 49.4 Å². The number of rotatable bonds is 1. The molecule has 1 nitrogen and oxygen atoms in total. The van der Waals surface area contributed by atoms with Crippen molar-refractivity contribution in [3.8, 4) is 16.8 Å². The van der Waals surface area contributed by atoms with Crippen molar-refractivity contribution in [2.75, 3.05) is 0 Å². The van der Waals surface area contributed by atoms with E-state index in [4.69, 9.17) is 0 Å². The summed E-state index contributed by atoms with van der Waals surface area (Å²) >= 11 is 0. The topological polar surface area (TPSA) is 4.93 Å². The molecule has 0 N–H and O–H groups in total. The number of fused-ring (bicyclic) bond motifs is 8. The van der Waals surface area contributed by atoms with Crippen LogP contribution in [0, 0.1) is 0 Å². The molecule has 0 spiro atoms. The zero-order valence-corrected chi connectivity index (χ0v) is 18.3. The van der Waals surface area contributed by atoms with Gasteiger partial charge in [0.05, 0.1) is 11.0 Å². The van der Waals surface area contributed by atoms with Gasteiger partial charge in [0.2, 0.25) is 0 Å². The predicted molar refractivity (Wildman–Crippen MR) is 136 cm³/mol. The van der Waals surface area contributed by atoms with E-state index in [9.17, 15) is 0 Å². The van der Waals surface area contributed by atoms with Gasteiger partial charge in [-0.1, -0.05) is 86.6 Å². The van der Waals surface area contributed by atoms with E-state index >= 15 is 0 Å². The van der Waals surface area contributed by atoms with Gasteiger partial charge in [-0.25, -0.2) is 0 Å². The average molecular weight is 410 g/mol. The second-order valence-electron chi connectivity index (χ2n) is 9.44. The molecule has 0 fully saturated rings. The Morgan fingerprint density at radius 1 is 0.562 bits per heavy atom. The van der Waals surface area contributed by atoms with Crippen molar-refractivity contribution in [2.45, 2.75) is 19.3 Å². The molecular formula is C31H23N. The molecule has 0 unspecified atom stereocenters. The minimum Gasteiger partial charge on any atom is -0.309 e. The molecule has 32 heavy (non-hydrogen) atoms. The monoisotopic (exact) mass is 409 g/mol. The van der Waals surface area contributed by atoms with Gasteiger partial charge >= 0.3 is 0 Å². The Morgan fingerprint density at radius 2 is 1.31 bits per heavy atom. The molecule has 0 atom stereocenters. The van der Waals surface area contributed by atoms with Crippen LogP contribution in [0.1, 0.15) is 25.0 Å². The number of hydrogen-bond acceptors (Lipinski definition) is 0. The molecule has 0 bridgehead atoms. The second kappa shape index (κ2) is 6.11. The Labute approximate surface area is 187 Å². The normalized spacial score (nSPS) is 14.2. The molecule has 7 rings (SSSR count). The largest absolute Gasteiger partial charge is 0.309 e. The van der Waals surface area contributed by atoms with Gasteiger partial charge in [0, 0.05) is 27.3 Å². The van der Waals surface area contributed by atoms with Crippen molar-refractivity contribution in [3.63, 3.8) is 0 Å². The minimum absolute atomic E-state index is 0.0151. The molecular weight excluding hydrogens is 386 g/mol. The fraction of sp³-hybridized carbons (Fsp3) is 0.0968. The lowest BCUT2D eigenvalue weighted by Gasteiger charge is -2.21. The van der Waals surface area contributed by atoms with Crippen LogP contribution in [-0.4, -0.2) is 4.57 Å². The molecule has 1 heteroatoms. The number of benzene rings is 5. The minimum atomic E-state index is 0.0151. The second-order valence-corrected chi connectivity index (χ2v) is 9.44. The van der Waals surface area contributed by atoms with Crippen molar-refractivity contribution in [2.24, 2.45) is 0 Å². The van der Waals surface area contributed by atoms with Gasteiger partial charge in [-0.15, -0.1) is 0 Å². The highest BCUT2D eigenvalue weighted by atomic mass is 15.0. The van der Waals surface area contributed by atoms with Gasteiger partial charge in [-0.3, -0.25) is 0 Å². The van der Waals surface area contributed by atoms with E-state index in [0.29, 0.717) is 0 Å². The maximum Gasteiger partial charge on any atom is 0.0619 e. The summed E-state index contributed by atoms with van der Waals surface area (Å²) in [7, 11) is 0. The highest BCUT2D eigenvalue weighted by molar-refractivity contribution is 6.19. The van der Waals surface area contributed by atoms with Crippen LogP contribution in [0.5, 0.6) is 0 Å². The van der Waals surface area contributed by atoms with Gasteiger partial charge in [0.1, 0.15) is 0 Å². The quantitative estimate of drug-likeness (QED) is 0.258. The van der Waals surface area contributed by atoms with Crippen LogP contribution in [0.15, 0.2) is 103 Å². The zero-order chi connectivity index (χ0) is 21.4. The Kier molecular flexibility index (Phi) is 3.40. The van der Waals surface area contributed by atoms with Gasteiger partial charge in [-0.05, 0) is 58.0 Å². The van der Waals surface area contributed by atoms with E-state index in [2.05, 4.69) is 122 Å². The lowest BCUT2D eigenvalue weighted by molar-refractivity contribution is 0.661. The first-order chi connectivity index (χ1) is 15.6. The third-order valence-corrected chi connectivity index (χ3v) is 7.37. The molecule has 0 radical (unpaired) electrons. The molecule has 0 aliphatic heterocycles. The van der Waals surface area contributed by atoms with E-state index in [1.165, 1.54) is 60.5 Å². The van der Waals surface area contributed by atoms with Crippen LogP contribution >= 0.6 is 0 Å². The van der Waals surface area contributed by atoms with Crippen LogP contribution in [0.3, 0.4) is 0 Å². The van der Waals surface area contributed by atoms with Crippen LogP contribution in [0.4, 0.5) is 0 Å². The molecule has 1 aliphatic rings. The SMILES string of the molecule is CC1(C)c2ccccc2-c2cc3c(ccc4c5ccccc5n(-c5ccccc5)c34)cc21. The maximum absolute atomic E-state index is 2.44. The third-order valence-electron chi connectivity index (χ3n) is 7.37. The molecule has 5 aromatic carbocycles. The van der Waals surface area contributed by atoms with Crippen molar-refractivity contribution < 1.29 is 0 Å². The summed E-state index contributed by atoms with van der Waals surface area (Å²) in [5, 5.41) is 5.22. The zero-order valence-electron chi connectivity index (χ0n) is 18.3. The molecule has 0 amide bonds. The first-order valence-corrected chi connectivity index (χ1v) is 11.3. The standard InChI is InChI=1S/C31H23N/c1-31(2)27-14-8-6-12-22(27)26-19-25-20(18-28(26)31)16-17-24-23-13-7-9-15-29(23)32(30(24)25)21-10-4-3-5-11-21/h3-19H,1-2H3. The smallest absolute Gasteiger partial charge is 0.0619 e. The Bertz CT molecular complexity index is 1680. The van der Waals surface area contributed by atoms with E-state index in [1.807, 2.05) is 0 Å². The van der Waals surface area contributed by atoms with Gasteiger partial charge < -0.3 is 4.57 Å². The summed E-state index contributed by atoms with van der Waals surface area (Å²) in [5.41, 5.74) is 9.35. The van der Waals surface area contributed by atoms with Crippen molar-refractivity contribution in [1.82, 2.24) is 4.57 Å². The number of hydrogen-bond donors (Lipinski definition) is 0. The first kappa shape index (κ1) is 17.8. The molecule has 1 heterocycles. The Hall–Kier alpha value is -3.84. The van der Waals surface area contributed by atoms with Crippen molar-refractivity contribution in [3.05, 3.63) is 114 Å². The summed E-state index contributed by atoms with van der Waals surface area (Å²) in [5.74, 6) is 0. The van der Waals surface area contributed by atoms with Crippen LogP contribution in [0.2, 0.25) is 0 Å². The molecule has 1 aromatic heterocycles. The van der Waals surface area contributed by atoms with E-state index in [1.54, 1.807) is 0 Å². The van der Waals surface area contributed by atoms with Crippen LogP contribution in [-0.2, 0) is 5.41 Å². The summed E-state index contributed by atoms with van der Waals surface area (Å²) in [6.45, 7) is 4.70. The number of para-hydroxylation sites is 2. The number of nitrogens with zero attached hydrogens (tertiary/aromatic N) is 1. The Balaban J connectivity index is 1.69. The fourth-order valence-corrected chi connectivity index (χ4v) is 5.82. The molecule has 6 aromatic rings. The lowest BCUT2D eigenvalue weighted by Crippen LogP contribution is -2.14. The highest BCUT2D eigenvalue weighted by Gasteiger charge is 2.35.